The zero-order valence-electron chi connectivity index (χ0n) is 14.9. The summed E-state index contributed by atoms with van der Waals surface area (Å²) in [5.74, 6) is 1.78. The number of rotatable bonds is 5. The molecular weight excluding hydrogens is 336 g/mol. The van der Waals surface area contributed by atoms with E-state index in [1.165, 1.54) is 32.1 Å². The monoisotopic (exact) mass is 362 g/mol. The Hall–Kier alpha value is -1.76. The molecule has 0 spiro atoms. The number of hydrogen-bond donors (Lipinski definition) is 2. The van der Waals surface area contributed by atoms with E-state index >= 15 is 0 Å². The number of hydrogen-bond acceptors (Lipinski definition) is 4. The van der Waals surface area contributed by atoms with Crippen molar-refractivity contribution in [2.75, 3.05) is 0 Å². The van der Waals surface area contributed by atoms with Crippen molar-refractivity contribution in [1.29, 1.82) is 0 Å². The number of H-pyrrole nitrogens is 2. The fourth-order valence-corrected chi connectivity index (χ4v) is 4.02. The molecule has 2 heterocycles. The minimum absolute atomic E-state index is 0.270. The second kappa shape index (κ2) is 7.64. The highest BCUT2D eigenvalue weighted by Crippen LogP contribution is 2.27. The molecule has 2 N–H and O–H groups in total. The Bertz CT molecular complexity index is 919. The van der Waals surface area contributed by atoms with E-state index in [-0.39, 0.29) is 10.6 Å². The van der Waals surface area contributed by atoms with Gasteiger partial charge in [-0.2, -0.15) is 0 Å². The highest BCUT2D eigenvalue weighted by atomic mass is 32.1. The Balaban J connectivity index is 1.99. The van der Waals surface area contributed by atoms with E-state index in [1.807, 2.05) is 13.8 Å². The van der Waals surface area contributed by atoms with Gasteiger partial charge in [-0.05, 0) is 18.3 Å². The van der Waals surface area contributed by atoms with Gasteiger partial charge in [0.2, 0.25) is 0 Å². The largest absolute Gasteiger partial charge is 0.329 e. The van der Waals surface area contributed by atoms with E-state index in [1.54, 1.807) is 4.57 Å². The lowest BCUT2D eigenvalue weighted by Crippen LogP contribution is -2.32. The average Bonchev–Trinajstić information content (AvgIpc) is 2.57. The quantitative estimate of drug-likeness (QED) is 0.799. The molecule has 136 valence electrons. The van der Waals surface area contributed by atoms with Crippen LogP contribution >= 0.6 is 12.2 Å². The number of aromatic amines is 2. The summed E-state index contributed by atoms with van der Waals surface area (Å²) in [6.07, 6.45) is 8.41. The first-order valence-corrected chi connectivity index (χ1v) is 9.62. The molecule has 0 amide bonds. The van der Waals surface area contributed by atoms with Crippen LogP contribution in [0, 0.1) is 16.5 Å². The first-order valence-electron chi connectivity index (χ1n) is 9.21. The average molecular weight is 362 g/mol. The number of nitrogens with one attached hydrogen (secondary N) is 2. The van der Waals surface area contributed by atoms with Crippen LogP contribution in [0.5, 0.6) is 0 Å². The standard InChI is InChI=1S/C18H26N4O2S/c1-11(2)10-22-15-14(16(23)21-18(22)24)17(25)20-13(19-15)9-8-12-6-4-3-5-7-12/h11-12H,3-10H2,1-2H3,(H,19,20,25)(H,21,23,24). The van der Waals surface area contributed by atoms with E-state index in [4.69, 9.17) is 12.2 Å². The minimum Gasteiger partial charge on any atom is -0.329 e. The van der Waals surface area contributed by atoms with E-state index in [0.29, 0.717) is 17.6 Å². The van der Waals surface area contributed by atoms with Gasteiger partial charge in [0, 0.05) is 13.0 Å². The molecule has 0 bridgehead atoms. The molecule has 1 aliphatic carbocycles. The number of fused-ring (bicyclic) bond motifs is 1. The second-order valence-corrected chi connectivity index (χ2v) is 7.91. The number of aromatic nitrogens is 4. The fourth-order valence-electron chi connectivity index (χ4n) is 3.72. The van der Waals surface area contributed by atoms with Crippen LogP contribution in [0.1, 0.15) is 58.2 Å². The van der Waals surface area contributed by atoms with Crippen LogP contribution in [0.3, 0.4) is 0 Å². The molecule has 0 unspecified atom stereocenters. The van der Waals surface area contributed by atoms with Gasteiger partial charge < -0.3 is 4.98 Å². The van der Waals surface area contributed by atoms with Crippen LogP contribution < -0.4 is 11.2 Å². The summed E-state index contributed by atoms with van der Waals surface area (Å²) in [4.78, 5) is 34.4. The highest BCUT2D eigenvalue weighted by Gasteiger charge is 2.16. The lowest BCUT2D eigenvalue weighted by Gasteiger charge is -2.21. The molecule has 1 aliphatic rings. The van der Waals surface area contributed by atoms with E-state index in [2.05, 4.69) is 15.0 Å². The van der Waals surface area contributed by atoms with Crippen molar-refractivity contribution < 1.29 is 0 Å². The maximum absolute atomic E-state index is 12.3. The van der Waals surface area contributed by atoms with Gasteiger partial charge in [-0.1, -0.05) is 58.2 Å². The summed E-state index contributed by atoms with van der Waals surface area (Å²) in [5, 5.41) is 0.302. The van der Waals surface area contributed by atoms with Gasteiger partial charge in [0.25, 0.3) is 5.56 Å². The Morgan fingerprint density at radius 2 is 1.92 bits per heavy atom. The lowest BCUT2D eigenvalue weighted by atomic mass is 9.86. The number of nitrogens with zero attached hydrogens (tertiary/aromatic N) is 2. The van der Waals surface area contributed by atoms with Crippen molar-refractivity contribution in [3.8, 4) is 0 Å². The molecule has 6 nitrogen and oxygen atoms in total. The molecular formula is C18H26N4O2S. The zero-order valence-corrected chi connectivity index (χ0v) is 15.7. The third-order valence-corrected chi connectivity index (χ3v) is 5.27. The third-order valence-electron chi connectivity index (χ3n) is 4.97. The maximum Gasteiger partial charge on any atom is 0.329 e. The fraction of sp³-hybridized carbons (Fsp3) is 0.667. The first kappa shape index (κ1) is 18.0. The predicted octanol–water partition coefficient (Wildman–Crippen LogP) is 3.31. The van der Waals surface area contributed by atoms with Crippen LogP contribution in [0.25, 0.3) is 11.0 Å². The summed E-state index contributed by atoms with van der Waals surface area (Å²) in [6, 6.07) is 0. The predicted molar refractivity (Wildman–Crippen MR) is 102 cm³/mol. The highest BCUT2D eigenvalue weighted by molar-refractivity contribution is 7.71. The third kappa shape index (κ3) is 4.08. The van der Waals surface area contributed by atoms with Gasteiger partial charge in [0.15, 0.2) is 0 Å². The van der Waals surface area contributed by atoms with E-state index in [9.17, 15) is 9.59 Å². The smallest absolute Gasteiger partial charge is 0.329 e. The Kier molecular flexibility index (Phi) is 5.51. The number of aryl methyl sites for hydroxylation is 1. The normalized spacial score (nSPS) is 16.0. The summed E-state index contributed by atoms with van der Waals surface area (Å²) < 4.78 is 1.84. The van der Waals surface area contributed by atoms with Crippen LogP contribution in [0.15, 0.2) is 9.59 Å². The molecule has 7 heteroatoms. The molecule has 0 aliphatic heterocycles. The molecule has 0 aromatic carbocycles. The van der Waals surface area contributed by atoms with Crippen molar-refractivity contribution in [3.63, 3.8) is 0 Å². The minimum atomic E-state index is -0.465. The first-order chi connectivity index (χ1) is 12.0. The van der Waals surface area contributed by atoms with Gasteiger partial charge in [-0.25, -0.2) is 9.78 Å². The Labute approximate surface area is 151 Å². The van der Waals surface area contributed by atoms with E-state index in [0.717, 1.165) is 24.6 Å². The van der Waals surface area contributed by atoms with Crippen molar-refractivity contribution in [1.82, 2.24) is 19.5 Å². The van der Waals surface area contributed by atoms with Crippen molar-refractivity contribution in [2.45, 2.75) is 65.3 Å². The van der Waals surface area contributed by atoms with Gasteiger partial charge in [-0.15, -0.1) is 0 Å². The molecule has 1 fully saturated rings. The zero-order chi connectivity index (χ0) is 18.0. The molecule has 1 saturated carbocycles. The van der Waals surface area contributed by atoms with Gasteiger partial charge >= 0.3 is 5.69 Å². The topological polar surface area (TPSA) is 83.5 Å². The van der Waals surface area contributed by atoms with Crippen molar-refractivity contribution >= 4 is 23.3 Å². The van der Waals surface area contributed by atoms with Crippen LogP contribution in [0.2, 0.25) is 0 Å². The maximum atomic E-state index is 12.3. The van der Waals surface area contributed by atoms with Crippen molar-refractivity contribution in [2.24, 2.45) is 11.8 Å². The summed E-state index contributed by atoms with van der Waals surface area (Å²) in [7, 11) is 0. The molecule has 2 aromatic heterocycles. The van der Waals surface area contributed by atoms with Crippen molar-refractivity contribution in [3.05, 3.63) is 31.3 Å². The molecule has 0 radical (unpaired) electrons. The van der Waals surface area contributed by atoms with Gasteiger partial charge in [0.05, 0.1) is 0 Å². The molecule has 3 rings (SSSR count). The second-order valence-electron chi connectivity index (χ2n) is 7.52. The molecule has 25 heavy (non-hydrogen) atoms. The Morgan fingerprint density at radius 3 is 2.60 bits per heavy atom. The SMILES string of the molecule is CC(C)Cn1c(=O)[nH]c(=O)c2c(=S)nc(CCC3CCCCC3)[nH]c21. The van der Waals surface area contributed by atoms with Crippen LogP contribution in [0.4, 0.5) is 0 Å². The van der Waals surface area contributed by atoms with E-state index < -0.39 is 11.2 Å². The summed E-state index contributed by atoms with van der Waals surface area (Å²) >= 11 is 5.35. The Morgan fingerprint density at radius 1 is 1.20 bits per heavy atom. The van der Waals surface area contributed by atoms with Gasteiger partial charge in [0.1, 0.15) is 21.5 Å². The molecule has 0 saturated heterocycles. The molecule has 0 atom stereocenters. The van der Waals surface area contributed by atoms with Crippen LogP contribution in [-0.2, 0) is 13.0 Å². The lowest BCUT2D eigenvalue weighted by molar-refractivity contribution is 0.337. The van der Waals surface area contributed by atoms with Crippen LogP contribution in [-0.4, -0.2) is 19.5 Å². The molecule has 2 aromatic rings. The van der Waals surface area contributed by atoms with Gasteiger partial charge in [-0.3, -0.25) is 14.3 Å². The summed E-state index contributed by atoms with van der Waals surface area (Å²) in [5.41, 5.74) is -0.366. The summed E-state index contributed by atoms with van der Waals surface area (Å²) in [6.45, 7) is 4.58.